The Hall–Kier alpha value is -2.89. The average Bonchev–Trinajstić information content (AvgIpc) is 3.13. The van der Waals surface area contributed by atoms with Crippen molar-refractivity contribution >= 4 is 33.2 Å². The molecule has 0 unspecified atom stereocenters. The molecule has 1 aliphatic rings. The summed E-state index contributed by atoms with van der Waals surface area (Å²) in [6.45, 7) is 6.02. The molecule has 0 aromatic heterocycles. The topological polar surface area (TPSA) is 148 Å². The van der Waals surface area contributed by atoms with Crippen molar-refractivity contribution in [3.8, 4) is 0 Å². The average molecular weight is 457 g/mol. The zero-order valence-corrected chi connectivity index (χ0v) is 18.8. The summed E-state index contributed by atoms with van der Waals surface area (Å²) in [6.07, 6.45) is 1.65. The second-order valence-electron chi connectivity index (χ2n) is 8.26. The number of hydrogen-bond acceptors (Lipinski definition) is 8. The van der Waals surface area contributed by atoms with E-state index in [0.29, 0.717) is 19.4 Å². The van der Waals surface area contributed by atoms with Crippen molar-refractivity contribution in [3.05, 3.63) is 28.3 Å². The van der Waals surface area contributed by atoms with E-state index >= 15 is 0 Å². The van der Waals surface area contributed by atoms with Gasteiger partial charge in [0.15, 0.2) is 9.84 Å². The summed E-state index contributed by atoms with van der Waals surface area (Å²) in [5, 5.41) is 16.8. The third kappa shape index (κ3) is 6.81. The van der Waals surface area contributed by atoms with Crippen LogP contribution < -0.4 is 10.6 Å². The number of sulfone groups is 1. The molecule has 11 nitrogen and oxygen atoms in total. The molecule has 1 fully saturated rings. The van der Waals surface area contributed by atoms with Gasteiger partial charge in [0.2, 0.25) is 5.91 Å². The fourth-order valence-corrected chi connectivity index (χ4v) is 3.76. The molecule has 172 valence electrons. The van der Waals surface area contributed by atoms with Crippen LogP contribution in [0.4, 0.5) is 16.2 Å². The van der Waals surface area contributed by atoms with Crippen LogP contribution >= 0.6 is 0 Å². The molecule has 1 heterocycles. The largest absolute Gasteiger partial charge is 0.444 e. The van der Waals surface area contributed by atoms with Crippen molar-refractivity contribution in [3.63, 3.8) is 0 Å². The number of likely N-dealkylation sites (tertiary alicyclic amines) is 1. The van der Waals surface area contributed by atoms with Crippen molar-refractivity contribution in [2.45, 2.75) is 50.2 Å². The first-order chi connectivity index (χ1) is 14.3. The van der Waals surface area contributed by atoms with E-state index < -0.39 is 32.5 Å². The van der Waals surface area contributed by atoms with Gasteiger partial charge in [-0.2, -0.15) is 0 Å². The lowest BCUT2D eigenvalue weighted by atomic mass is 10.2. The Morgan fingerprint density at radius 3 is 2.55 bits per heavy atom. The molecule has 1 aromatic rings. The highest BCUT2D eigenvalue weighted by atomic mass is 32.2. The van der Waals surface area contributed by atoms with Gasteiger partial charge in [0, 0.05) is 32.0 Å². The summed E-state index contributed by atoms with van der Waals surface area (Å²) in [5.74, 6) is -0.327. The van der Waals surface area contributed by atoms with Crippen molar-refractivity contribution in [1.82, 2.24) is 10.2 Å². The quantitative estimate of drug-likeness (QED) is 0.359. The molecule has 1 atom stereocenters. The van der Waals surface area contributed by atoms with Crippen molar-refractivity contribution in [1.29, 1.82) is 0 Å². The zero-order chi connectivity index (χ0) is 23.4. The second kappa shape index (κ2) is 9.50. The maximum Gasteiger partial charge on any atom is 0.410 e. The maximum atomic E-state index is 12.5. The Kier molecular flexibility index (Phi) is 7.47. The predicted octanol–water partition coefficient (Wildman–Crippen LogP) is 1.93. The van der Waals surface area contributed by atoms with Crippen LogP contribution in [0.15, 0.2) is 23.1 Å². The summed E-state index contributed by atoms with van der Waals surface area (Å²) in [4.78, 5) is 36.6. The van der Waals surface area contributed by atoms with Crippen molar-refractivity contribution in [2.75, 3.05) is 31.2 Å². The van der Waals surface area contributed by atoms with Crippen LogP contribution in [0.3, 0.4) is 0 Å². The minimum absolute atomic E-state index is 0.142. The Balaban J connectivity index is 1.93. The number of anilines is 1. The molecule has 2 amide bonds. The third-order valence-corrected chi connectivity index (χ3v) is 5.63. The number of carbonyl (C=O) groups is 2. The van der Waals surface area contributed by atoms with Crippen LogP contribution in [-0.2, 0) is 19.4 Å². The van der Waals surface area contributed by atoms with E-state index in [2.05, 4.69) is 10.6 Å². The Bertz CT molecular complexity index is 956. The standard InChI is InChI=1S/C19H28N4O7S/c1-19(2,3)30-18(25)22-11-5-6-15(22)17(24)21-10-9-20-14-8-7-13(31(4,28)29)12-16(14)23(26)27/h7-8,12,15,20H,5-6,9-11H2,1-4H3,(H,21,24)/t15-/m0/s1. The first-order valence-electron chi connectivity index (χ1n) is 9.79. The normalized spacial score (nSPS) is 16.6. The SMILES string of the molecule is CC(C)(C)OC(=O)N1CCC[C@H]1C(=O)NCCNc1ccc(S(C)(=O)=O)cc1[N+](=O)[O-]. The highest BCUT2D eigenvalue weighted by Gasteiger charge is 2.36. The highest BCUT2D eigenvalue weighted by Crippen LogP contribution is 2.27. The smallest absolute Gasteiger partial charge is 0.410 e. The molecule has 0 radical (unpaired) electrons. The monoisotopic (exact) mass is 456 g/mol. The van der Waals surface area contributed by atoms with Crippen LogP contribution in [0.1, 0.15) is 33.6 Å². The molecular weight excluding hydrogens is 428 g/mol. The summed E-state index contributed by atoms with van der Waals surface area (Å²) in [5.41, 5.74) is -0.893. The van der Waals surface area contributed by atoms with E-state index in [4.69, 9.17) is 4.74 Å². The zero-order valence-electron chi connectivity index (χ0n) is 18.0. The van der Waals surface area contributed by atoms with Crippen LogP contribution in [0.2, 0.25) is 0 Å². The Morgan fingerprint density at radius 1 is 1.29 bits per heavy atom. The number of rotatable bonds is 7. The van der Waals surface area contributed by atoms with Gasteiger partial charge >= 0.3 is 6.09 Å². The molecule has 12 heteroatoms. The number of benzene rings is 1. The summed E-state index contributed by atoms with van der Waals surface area (Å²) >= 11 is 0. The molecule has 1 aliphatic heterocycles. The third-order valence-electron chi connectivity index (χ3n) is 4.52. The van der Waals surface area contributed by atoms with E-state index in [9.17, 15) is 28.1 Å². The van der Waals surface area contributed by atoms with Gasteiger partial charge in [-0.25, -0.2) is 13.2 Å². The van der Waals surface area contributed by atoms with E-state index in [0.717, 1.165) is 12.3 Å². The minimum Gasteiger partial charge on any atom is -0.444 e. The molecule has 2 rings (SSSR count). The van der Waals surface area contributed by atoms with E-state index in [1.165, 1.54) is 17.0 Å². The minimum atomic E-state index is -3.58. The summed E-state index contributed by atoms with van der Waals surface area (Å²) < 4.78 is 28.6. The second-order valence-corrected chi connectivity index (χ2v) is 10.3. The highest BCUT2D eigenvalue weighted by molar-refractivity contribution is 7.90. The molecule has 0 spiro atoms. The van der Waals surface area contributed by atoms with E-state index in [-0.39, 0.29) is 35.3 Å². The number of amides is 2. The molecule has 31 heavy (non-hydrogen) atoms. The number of nitrogens with zero attached hydrogens (tertiary/aromatic N) is 2. The van der Waals surface area contributed by atoms with Gasteiger partial charge in [0.05, 0.1) is 9.82 Å². The molecule has 1 saturated heterocycles. The van der Waals surface area contributed by atoms with Gasteiger partial charge in [-0.1, -0.05) is 0 Å². The molecule has 2 N–H and O–H groups in total. The lowest BCUT2D eigenvalue weighted by Crippen LogP contribution is -2.48. The molecule has 1 aromatic carbocycles. The maximum absolute atomic E-state index is 12.5. The number of nitro groups is 1. The summed E-state index contributed by atoms with van der Waals surface area (Å²) in [6, 6.07) is 2.96. The van der Waals surface area contributed by atoms with Crippen LogP contribution in [0.25, 0.3) is 0 Å². The van der Waals surface area contributed by atoms with Gasteiger partial charge in [-0.05, 0) is 45.7 Å². The van der Waals surface area contributed by atoms with E-state index in [1.807, 2.05) is 0 Å². The molecular formula is C19H28N4O7S. The lowest BCUT2D eigenvalue weighted by molar-refractivity contribution is -0.384. The van der Waals surface area contributed by atoms with Crippen LogP contribution in [0.5, 0.6) is 0 Å². The van der Waals surface area contributed by atoms with Crippen LogP contribution in [0, 0.1) is 10.1 Å². The number of ether oxygens (including phenoxy) is 1. The van der Waals surface area contributed by atoms with Crippen molar-refractivity contribution in [2.24, 2.45) is 0 Å². The van der Waals surface area contributed by atoms with Crippen LogP contribution in [-0.4, -0.2) is 67.8 Å². The van der Waals surface area contributed by atoms with Gasteiger partial charge in [0.1, 0.15) is 17.3 Å². The van der Waals surface area contributed by atoms with Gasteiger partial charge in [-0.15, -0.1) is 0 Å². The number of carbonyl (C=O) groups excluding carboxylic acids is 2. The Labute approximate surface area is 181 Å². The first-order valence-corrected chi connectivity index (χ1v) is 11.7. The predicted molar refractivity (Wildman–Crippen MR) is 114 cm³/mol. The number of nitrogens with one attached hydrogen (secondary N) is 2. The van der Waals surface area contributed by atoms with Gasteiger partial charge in [0.25, 0.3) is 5.69 Å². The lowest BCUT2D eigenvalue weighted by Gasteiger charge is -2.28. The van der Waals surface area contributed by atoms with Gasteiger partial charge < -0.3 is 15.4 Å². The number of hydrogen-bond donors (Lipinski definition) is 2. The van der Waals surface area contributed by atoms with E-state index in [1.54, 1.807) is 20.8 Å². The molecule has 0 aliphatic carbocycles. The number of nitro benzene ring substituents is 1. The summed E-state index contributed by atoms with van der Waals surface area (Å²) in [7, 11) is -3.58. The van der Waals surface area contributed by atoms with Gasteiger partial charge in [-0.3, -0.25) is 19.8 Å². The fourth-order valence-electron chi connectivity index (χ4n) is 3.12. The fraction of sp³-hybridized carbons (Fsp3) is 0.579. The first kappa shape index (κ1) is 24.4. The van der Waals surface area contributed by atoms with Crippen molar-refractivity contribution < 1.29 is 27.7 Å². The Morgan fingerprint density at radius 2 is 1.97 bits per heavy atom. The molecule has 0 bridgehead atoms. The molecule has 0 saturated carbocycles.